The first kappa shape index (κ1) is 29.9. The Hall–Kier alpha value is -1.16. The van der Waals surface area contributed by atoms with Crippen LogP contribution >= 0.6 is 0 Å². The minimum absolute atomic E-state index is 0.0596. The minimum Gasteiger partial charge on any atom is -0.307 e. The number of quaternary nitrogens is 1. The van der Waals surface area contributed by atoms with E-state index in [1.807, 2.05) is 0 Å². The molecule has 4 nitrogen and oxygen atoms in total. The number of nitrogens with one attached hydrogen (secondary N) is 1. The van der Waals surface area contributed by atoms with E-state index in [1.54, 1.807) is 6.92 Å². The van der Waals surface area contributed by atoms with Crippen molar-refractivity contribution in [3.63, 3.8) is 0 Å². The molecule has 33 heavy (non-hydrogen) atoms. The third kappa shape index (κ3) is 12.8. The fraction of sp³-hybridized carbons (Fsp3) is 0.862. The van der Waals surface area contributed by atoms with Crippen LogP contribution in [0.15, 0.2) is 17.1 Å². The van der Waals surface area contributed by atoms with Crippen LogP contribution < -0.4 is 5.32 Å². The minimum atomic E-state index is 0.0596. The molecule has 0 radical (unpaired) electrons. The first-order valence-corrected chi connectivity index (χ1v) is 14.4. The van der Waals surface area contributed by atoms with Crippen molar-refractivity contribution >= 4 is 12.1 Å². The Balaban J connectivity index is 1.96. The summed E-state index contributed by atoms with van der Waals surface area (Å²) >= 11 is 0. The van der Waals surface area contributed by atoms with Crippen LogP contribution in [0, 0.1) is 0 Å². The van der Waals surface area contributed by atoms with Crippen LogP contribution in [0.1, 0.15) is 137 Å². The van der Waals surface area contributed by atoms with Crippen LogP contribution in [0.5, 0.6) is 0 Å². The zero-order valence-electron chi connectivity index (χ0n) is 22.6. The van der Waals surface area contributed by atoms with Crippen LogP contribution in [0.4, 0.5) is 0 Å². The standard InChI is InChI=1S/C29H55N3O/c1-5-7-8-9-10-11-12-13-14-15-16-17-18-19-20-21-22-23-24-29-30-25-26-32(29,6-2)27(3)31-28(4)33/h10-11,25,27,29H,5-9,12-24,26H2,1-4H3/p+1/b11-10+. The Kier molecular flexibility index (Phi) is 17.4. The highest BCUT2D eigenvalue weighted by atomic mass is 16.1. The maximum Gasteiger partial charge on any atom is 0.221 e. The summed E-state index contributed by atoms with van der Waals surface area (Å²) in [6, 6.07) is 0. The van der Waals surface area contributed by atoms with Crippen molar-refractivity contribution in [3.8, 4) is 0 Å². The second-order valence-electron chi connectivity index (χ2n) is 10.2. The van der Waals surface area contributed by atoms with E-state index in [1.165, 1.54) is 103 Å². The summed E-state index contributed by atoms with van der Waals surface area (Å²) in [5.41, 5.74) is 0. The van der Waals surface area contributed by atoms with E-state index < -0.39 is 0 Å². The lowest BCUT2D eigenvalue weighted by Gasteiger charge is -2.42. The molecule has 0 aromatic heterocycles. The van der Waals surface area contributed by atoms with Gasteiger partial charge in [-0.15, -0.1) is 0 Å². The highest BCUT2D eigenvalue weighted by Gasteiger charge is 2.42. The molecule has 0 spiro atoms. The van der Waals surface area contributed by atoms with Crippen molar-refractivity contribution in [3.05, 3.63) is 12.2 Å². The number of rotatable bonds is 21. The Bertz CT molecular complexity index is 545. The van der Waals surface area contributed by atoms with Gasteiger partial charge in [-0.25, -0.2) is 4.99 Å². The van der Waals surface area contributed by atoms with Crippen molar-refractivity contribution in [2.24, 2.45) is 4.99 Å². The molecule has 4 heteroatoms. The summed E-state index contributed by atoms with van der Waals surface area (Å²) in [7, 11) is 0. The maximum atomic E-state index is 11.5. The number of amides is 1. The van der Waals surface area contributed by atoms with E-state index in [4.69, 9.17) is 4.99 Å². The predicted octanol–water partition coefficient (Wildman–Crippen LogP) is 7.92. The number of unbranched alkanes of at least 4 members (excludes halogenated alkanes) is 14. The van der Waals surface area contributed by atoms with Gasteiger partial charge in [-0.1, -0.05) is 89.7 Å². The van der Waals surface area contributed by atoms with Gasteiger partial charge in [0.05, 0.1) is 12.8 Å². The number of allylic oxidation sites excluding steroid dienone is 2. The summed E-state index contributed by atoms with van der Waals surface area (Å²) < 4.78 is 0.884. The highest BCUT2D eigenvalue weighted by molar-refractivity contribution is 5.73. The van der Waals surface area contributed by atoms with E-state index in [0.717, 1.165) is 24.0 Å². The highest BCUT2D eigenvalue weighted by Crippen LogP contribution is 2.27. The van der Waals surface area contributed by atoms with Gasteiger partial charge in [0.1, 0.15) is 6.54 Å². The van der Waals surface area contributed by atoms with E-state index in [2.05, 4.69) is 44.5 Å². The van der Waals surface area contributed by atoms with E-state index in [0.29, 0.717) is 6.17 Å². The molecular formula is C29H56N3O+. The molecule has 1 heterocycles. The number of carbonyl (C=O) groups is 1. The smallest absolute Gasteiger partial charge is 0.221 e. The molecule has 1 aliphatic heterocycles. The normalized spacial score (nSPS) is 21.2. The number of aliphatic imine (C=N–C) groups is 1. The quantitative estimate of drug-likeness (QED) is 0.105. The summed E-state index contributed by atoms with van der Waals surface area (Å²) in [4.78, 5) is 16.3. The molecule has 1 aliphatic rings. The van der Waals surface area contributed by atoms with E-state index >= 15 is 0 Å². The van der Waals surface area contributed by atoms with Gasteiger partial charge in [-0.2, -0.15) is 0 Å². The molecule has 0 saturated carbocycles. The first-order valence-electron chi connectivity index (χ1n) is 14.4. The first-order chi connectivity index (χ1) is 16.1. The third-order valence-electron chi connectivity index (χ3n) is 7.54. The molecule has 3 atom stereocenters. The Labute approximate surface area is 206 Å². The number of hydrogen-bond donors (Lipinski definition) is 1. The predicted molar refractivity (Wildman–Crippen MR) is 145 cm³/mol. The largest absolute Gasteiger partial charge is 0.307 e. The van der Waals surface area contributed by atoms with Gasteiger partial charge >= 0.3 is 0 Å². The van der Waals surface area contributed by atoms with Crippen LogP contribution in [-0.2, 0) is 4.79 Å². The Morgan fingerprint density at radius 3 is 1.94 bits per heavy atom. The van der Waals surface area contributed by atoms with Gasteiger partial charge in [0.2, 0.25) is 5.91 Å². The molecule has 0 saturated heterocycles. The van der Waals surface area contributed by atoms with Gasteiger partial charge in [0.15, 0.2) is 12.3 Å². The van der Waals surface area contributed by atoms with Gasteiger partial charge in [-0.3, -0.25) is 9.28 Å². The van der Waals surface area contributed by atoms with Crippen molar-refractivity contribution in [1.82, 2.24) is 5.32 Å². The Morgan fingerprint density at radius 2 is 1.42 bits per heavy atom. The van der Waals surface area contributed by atoms with Gasteiger partial charge in [0, 0.05) is 20.3 Å². The average molecular weight is 463 g/mol. The molecule has 1 amide bonds. The molecule has 0 bridgehead atoms. The zero-order valence-corrected chi connectivity index (χ0v) is 22.6. The fourth-order valence-corrected chi connectivity index (χ4v) is 5.29. The molecule has 192 valence electrons. The fourth-order valence-electron chi connectivity index (χ4n) is 5.29. The molecule has 0 aromatic carbocycles. The zero-order chi connectivity index (χ0) is 24.2. The lowest BCUT2D eigenvalue weighted by atomic mass is 10.0. The van der Waals surface area contributed by atoms with Gasteiger partial charge < -0.3 is 5.32 Å². The molecule has 0 aromatic rings. The van der Waals surface area contributed by atoms with Crippen molar-refractivity contribution in [2.45, 2.75) is 149 Å². The SMILES string of the molecule is CCCCC/C=C/CCCCCCCCCCCCCC1N=CC[N+]1(CC)C(C)NC(C)=O. The van der Waals surface area contributed by atoms with Gasteiger partial charge in [-0.05, 0) is 39.0 Å². The topological polar surface area (TPSA) is 41.5 Å². The number of hydrogen-bond acceptors (Lipinski definition) is 2. The van der Waals surface area contributed by atoms with Crippen LogP contribution in [0.25, 0.3) is 0 Å². The summed E-state index contributed by atoms with van der Waals surface area (Å²) in [6.45, 7) is 10.2. The van der Waals surface area contributed by atoms with Crippen LogP contribution in [-0.4, -0.2) is 42.0 Å². The third-order valence-corrected chi connectivity index (χ3v) is 7.54. The van der Waals surface area contributed by atoms with Crippen molar-refractivity contribution < 1.29 is 9.28 Å². The summed E-state index contributed by atoms with van der Waals surface area (Å²) in [6.07, 6.45) is 30.2. The van der Waals surface area contributed by atoms with Crippen LogP contribution in [0.3, 0.4) is 0 Å². The molecule has 0 aliphatic carbocycles. The van der Waals surface area contributed by atoms with Gasteiger partial charge in [0.25, 0.3) is 0 Å². The van der Waals surface area contributed by atoms with Crippen LogP contribution in [0.2, 0.25) is 0 Å². The molecule has 3 unspecified atom stereocenters. The molecule has 1 N–H and O–H groups in total. The van der Waals surface area contributed by atoms with E-state index in [9.17, 15) is 4.79 Å². The average Bonchev–Trinajstić information content (AvgIpc) is 3.22. The summed E-state index contributed by atoms with van der Waals surface area (Å²) in [5.74, 6) is 0.0596. The van der Waals surface area contributed by atoms with Crippen molar-refractivity contribution in [1.29, 1.82) is 0 Å². The van der Waals surface area contributed by atoms with E-state index in [-0.39, 0.29) is 12.1 Å². The molecular weight excluding hydrogens is 406 g/mol. The second kappa shape index (κ2) is 19.2. The number of carbonyl (C=O) groups excluding carboxylic acids is 1. The maximum absolute atomic E-state index is 11.5. The lowest BCUT2D eigenvalue weighted by molar-refractivity contribution is -0.959. The number of nitrogens with zero attached hydrogens (tertiary/aromatic N) is 2. The Morgan fingerprint density at radius 1 is 0.909 bits per heavy atom. The second-order valence-corrected chi connectivity index (χ2v) is 10.2. The lowest BCUT2D eigenvalue weighted by Crippen LogP contribution is -2.63. The summed E-state index contributed by atoms with van der Waals surface area (Å²) in [5, 5.41) is 3.12. The molecule has 1 rings (SSSR count). The molecule has 0 fully saturated rings. The monoisotopic (exact) mass is 462 g/mol. The van der Waals surface area contributed by atoms with Crippen molar-refractivity contribution in [2.75, 3.05) is 13.1 Å².